The molecule has 0 atom stereocenters. The van der Waals surface area contributed by atoms with Crippen LogP contribution in [0.3, 0.4) is 0 Å². The van der Waals surface area contributed by atoms with E-state index in [2.05, 4.69) is 56.1 Å². The second kappa shape index (κ2) is 7.59. The van der Waals surface area contributed by atoms with Gasteiger partial charge in [0.25, 0.3) is 0 Å². The predicted molar refractivity (Wildman–Crippen MR) is 89.9 cm³/mol. The minimum Gasteiger partial charge on any atom is -0.296 e. The van der Waals surface area contributed by atoms with Gasteiger partial charge in [0.05, 0.1) is 5.71 Å². The summed E-state index contributed by atoms with van der Waals surface area (Å²) in [7, 11) is 1.78. The Kier molecular flexibility index (Phi) is 6.10. The van der Waals surface area contributed by atoms with Gasteiger partial charge in [-0.2, -0.15) is 0 Å². The predicted octanol–water partition coefficient (Wildman–Crippen LogP) is 4.74. The molecule has 0 heterocycles. The second-order valence-corrected chi connectivity index (χ2v) is 5.19. The molecule has 0 aliphatic carbocycles. The van der Waals surface area contributed by atoms with E-state index in [1.807, 2.05) is 20.1 Å². The summed E-state index contributed by atoms with van der Waals surface area (Å²) in [6.07, 6.45) is 3.97. The fourth-order valence-electron chi connectivity index (χ4n) is 1.86. The SMILES string of the molecule is CN=C/C(C)=C(\C)N=C(C=C(C)C)c1ccccc1C. The lowest BCUT2D eigenvalue weighted by molar-refractivity contribution is 1.24. The first kappa shape index (κ1) is 16.1. The third-order valence-corrected chi connectivity index (χ3v) is 3.03. The molecule has 0 bridgehead atoms. The van der Waals surface area contributed by atoms with E-state index in [4.69, 9.17) is 4.99 Å². The maximum absolute atomic E-state index is 4.79. The van der Waals surface area contributed by atoms with Gasteiger partial charge in [-0.15, -0.1) is 0 Å². The highest BCUT2D eigenvalue weighted by Crippen LogP contribution is 2.14. The normalized spacial score (nSPS) is 13.4. The van der Waals surface area contributed by atoms with Crippen LogP contribution in [0.5, 0.6) is 0 Å². The minimum absolute atomic E-state index is 0.992. The van der Waals surface area contributed by atoms with Crippen LogP contribution in [-0.2, 0) is 0 Å². The summed E-state index contributed by atoms with van der Waals surface area (Å²) < 4.78 is 0. The zero-order chi connectivity index (χ0) is 15.1. The van der Waals surface area contributed by atoms with Crippen molar-refractivity contribution in [2.24, 2.45) is 9.98 Å². The van der Waals surface area contributed by atoms with E-state index in [1.165, 1.54) is 16.7 Å². The molecule has 1 aromatic carbocycles. The van der Waals surface area contributed by atoms with Crippen LogP contribution < -0.4 is 0 Å². The lowest BCUT2D eigenvalue weighted by Crippen LogP contribution is -2.01. The number of rotatable bonds is 4. The van der Waals surface area contributed by atoms with E-state index >= 15 is 0 Å². The van der Waals surface area contributed by atoms with Crippen molar-refractivity contribution in [3.05, 3.63) is 58.3 Å². The monoisotopic (exact) mass is 268 g/mol. The smallest absolute Gasteiger partial charge is 0.0707 e. The minimum atomic E-state index is 0.992. The van der Waals surface area contributed by atoms with Gasteiger partial charge in [-0.25, -0.2) is 0 Å². The van der Waals surface area contributed by atoms with Gasteiger partial charge in [0, 0.05) is 24.5 Å². The van der Waals surface area contributed by atoms with E-state index in [0.29, 0.717) is 0 Å². The van der Waals surface area contributed by atoms with Gasteiger partial charge in [0.2, 0.25) is 0 Å². The van der Waals surface area contributed by atoms with Gasteiger partial charge in [0.1, 0.15) is 0 Å². The first-order valence-electron chi connectivity index (χ1n) is 6.85. The zero-order valence-electron chi connectivity index (χ0n) is 13.4. The van der Waals surface area contributed by atoms with Crippen molar-refractivity contribution in [1.82, 2.24) is 0 Å². The molecule has 1 aromatic rings. The summed E-state index contributed by atoms with van der Waals surface area (Å²) in [4.78, 5) is 8.84. The highest BCUT2D eigenvalue weighted by molar-refractivity contribution is 6.10. The summed E-state index contributed by atoms with van der Waals surface area (Å²) >= 11 is 0. The van der Waals surface area contributed by atoms with Gasteiger partial charge >= 0.3 is 0 Å². The quantitative estimate of drug-likeness (QED) is 0.704. The Balaban J connectivity index is 3.39. The second-order valence-electron chi connectivity index (χ2n) is 5.19. The van der Waals surface area contributed by atoms with E-state index < -0.39 is 0 Å². The lowest BCUT2D eigenvalue weighted by Gasteiger charge is -2.08. The fourth-order valence-corrected chi connectivity index (χ4v) is 1.86. The first-order valence-corrected chi connectivity index (χ1v) is 6.85. The highest BCUT2D eigenvalue weighted by Gasteiger charge is 2.05. The molecule has 0 fully saturated rings. The van der Waals surface area contributed by atoms with Crippen LogP contribution in [0.2, 0.25) is 0 Å². The summed E-state index contributed by atoms with van der Waals surface area (Å²) in [5, 5.41) is 0. The maximum Gasteiger partial charge on any atom is 0.0707 e. The molecule has 0 radical (unpaired) electrons. The van der Waals surface area contributed by atoms with Gasteiger partial charge in [-0.05, 0) is 51.8 Å². The number of allylic oxidation sites excluding steroid dienone is 4. The average Bonchev–Trinajstić information content (AvgIpc) is 2.38. The van der Waals surface area contributed by atoms with Crippen LogP contribution in [0.1, 0.15) is 38.8 Å². The van der Waals surface area contributed by atoms with E-state index in [9.17, 15) is 0 Å². The van der Waals surface area contributed by atoms with E-state index in [0.717, 1.165) is 17.0 Å². The molecule has 20 heavy (non-hydrogen) atoms. The summed E-state index contributed by atoms with van der Waals surface area (Å²) in [6, 6.07) is 8.33. The highest BCUT2D eigenvalue weighted by atomic mass is 14.8. The molecule has 0 aromatic heterocycles. The molecule has 0 aliphatic heterocycles. The Morgan fingerprint density at radius 1 is 1.05 bits per heavy atom. The number of hydrogen-bond acceptors (Lipinski definition) is 2. The first-order chi connectivity index (χ1) is 9.45. The van der Waals surface area contributed by atoms with Gasteiger partial charge in [0.15, 0.2) is 0 Å². The lowest BCUT2D eigenvalue weighted by atomic mass is 10.0. The summed E-state index contributed by atoms with van der Waals surface area (Å²) in [5.41, 5.74) is 6.73. The Morgan fingerprint density at radius 2 is 1.70 bits per heavy atom. The number of nitrogens with zero attached hydrogens (tertiary/aromatic N) is 2. The number of aliphatic imine (C=N–C) groups is 2. The third-order valence-electron chi connectivity index (χ3n) is 3.03. The zero-order valence-corrected chi connectivity index (χ0v) is 13.4. The fraction of sp³-hybridized carbons (Fsp3) is 0.333. The van der Waals surface area contributed by atoms with Crippen molar-refractivity contribution in [3.8, 4) is 0 Å². The van der Waals surface area contributed by atoms with Crippen molar-refractivity contribution in [2.75, 3.05) is 7.05 Å². The average molecular weight is 268 g/mol. The van der Waals surface area contributed by atoms with Crippen LogP contribution in [0, 0.1) is 6.92 Å². The van der Waals surface area contributed by atoms with Crippen LogP contribution in [0.25, 0.3) is 0 Å². The van der Waals surface area contributed by atoms with Crippen LogP contribution in [-0.4, -0.2) is 19.0 Å². The van der Waals surface area contributed by atoms with Crippen molar-refractivity contribution in [3.63, 3.8) is 0 Å². The van der Waals surface area contributed by atoms with Gasteiger partial charge < -0.3 is 0 Å². The van der Waals surface area contributed by atoms with Crippen molar-refractivity contribution in [2.45, 2.75) is 34.6 Å². The Hall–Kier alpha value is -1.96. The standard InChI is InChI=1S/C18H24N2/c1-13(2)11-18(17-10-8-7-9-14(17)3)20-16(5)15(4)12-19-6/h7-12H,1-6H3/b16-15+,19-12?,20-18?. The molecule has 2 heteroatoms. The third kappa shape index (κ3) is 4.61. The summed E-state index contributed by atoms with van der Waals surface area (Å²) in [5.74, 6) is 0. The molecule has 0 saturated carbocycles. The molecule has 1 rings (SSSR count). The number of hydrogen-bond donors (Lipinski definition) is 0. The van der Waals surface area contributed by atoms with Crippen LogP contribution in [0.4, 0.5) is 0 Å². The molecule has 0 N–H and O–H groups in total. The Morgan fingerprint density at radius 3 is 2.25 bits per heavy atom. The van der Waals surface area contributed by atoms with Crippen molar-refractivity contribution >= 4 is 11.9 Å². The van der Waals surface area contributed by atoms with E-state index in [1.54, 1.807) is 7.05 Å². The van der Waals surface area contributed by atoms with Crippen LogP contribution in [0.15, 0.2) is 57.2 Å². The maximum atomic E-state index is 4.79. The molecule has 0 amide bonds. The molecule has 0 spiro atoms. The number of aryl methyl sites for hydroxylation is 1. The molecule has 2 nitrogen and oxygen atoms in total. The molecular formula is C18H24N2. The summed E-state index contributed by atoms with van der Waals surface area (Å²) in [6.45, 7) is 10.3. The molecule has 0 unspecified atom stereocenters. The Bertz CT molecular complexity index is 583. The largest absolute Gasteiger partial charge is 0.296 e. The van der Waals surface area contributed by atoms with Crippen LogP contribution >= 0.6 is 0 Å². The Labute approximate surface area is 122 Å². The van der Waals surface area contributed by atoms with Gasteiger partial charge in [-0.3, -0.25) is 9.98 Å². The van der Waals surface area contributed by atoms with E-state index in [-0.39, 0.29) is 0 Å². The molecule has 106 valence electrons. The molecular weight excluding hydrogens is 244 g/mol. The molecule has 0 aliphatic rings. The van der Waals surface area contributed by atoms with Crippen molar-refractivity contribution < 1.29 is 0 Å². The van der Waals surface area contributed by atoms with Crippen molar-refractivity contribution in [1.29, 1.82) is 0 Å². The number of benzene rings is 1. The van der Waals surface area contributed by atoms with Gasteiger partial charge in [-0.1, -0.05) is 29.8 Å². The topological polar surface area (TPSA) is 24.7 Å². The molecule has 0 saturated heterocycles.